The second kappa shape index (κ2) is 6.98. The SMILES string of the molecule is CCOC(=O)C1CCCN(c2cc(-n3nc(C)cc3C)ncn2)C1. The number of anilines is 1. The summed E-state index contributed by atoms with van der Waals surface area (Å²) < 4.78 is 6.98. The smallest absolute Gasteiger partial charge is 0.310 e. The van der Waals surface area contributed by atoms with Gasteiger partial charge in [0, 0.05) is 24.8 Å². The number of piperidine rings is 1. The maximum atomic E-state index is 12.0. The number of carbonyl (C=O) groups is 1. The lowest BCUT2D eigenvalue weighted by Crippen LogP contribution is -2.40. The van der Waals surface area contributed by atoms with E-state index >= 15 is 0 Å². The van der Waals surface area contributed by atoms with E-state index < -0.39 is 0 Å². The van der Waals surface area contributed by atoms with Gasteiger partial charge in [0.15, 0.2) is 5.82 Å². The predicted octanol–water partition coefficient (Wildman–Crippen LogP) is 2.06. The molecule has 0 bridgehead atoms. The molecule has 2 aromatic heterocycles. The van der Waals surface area contributed by atoms with Crippen molar-refractivity contribution in [1.82, 2.24) is 19.7 Å². The van der Waals surface area contributed by atoms with Crippen LogP contribution in [0.25, 0.3) is 5.82 Å². The van der Waals surface area contributed by atoms with Gasteiger partial charge in [-0.2, -0.15) is 5.10 Å². The van der Waals surface area contributed by atoms with Crippen LogP contribution in [0.3, 0.4) is 0 Å². The zero-order chi connectivity index (χ0) is 17.1. The van der Waals surface area contributed by atoms with Crippen molar-refractivity contribution in [3.8, 4) is 5.82 Å². The van der Waals surface area contributed by atoms with Gasteiger partial charge in [0.1, 0.15) is 12.1 Å². The van der Waals surface area contributed by atoms with Gasteiger partial charge in [0.2, 0.25) is 0 Å². The van der Waals surface area contributed by atoms with E-state index in [-0.39, 0.29) is 11.9 Å². The molecule has 0 aliphatic carbocycles. The molecule has 24 heavy (non-hydrogen) atoms. The molecular formula is C17H23N5O2. The Balaban J connectivity index is 1.81. The summed E-state index contributed by atoms with van der Waals surface area (Å²) in [4.78, 5) is 22.9. The summed E-state index contributed by atoms with van der Waals surface area (Å²) in [5.74, 6) is 1.35. The molecule has 1 atom stereocenters. The summed E-state index contributed by atoms with van der Waals surface area (Å²) in [5, 5.41) is 4.47. The first-order chi connectivity index (χ1) is 11.6. The van der Waals surface area contributed by atoms with Crippen molar-refractivity contribution in [3.63, 3.8) is 0 Å². The van der Waals surface area contributed by atoms with E-state index in [4.69, 9.17) is 4.74 Å². The fourth-order valence-electron chi connectivity index (χ4n) is 3.12. The Kier molecular flexibility index (Phi) is 4.78. The van der Waals surface area contributed by atoms with Crippen LogP contribution >= 0.6 is 0 Å². The minimum absolute atomic E-state index is 0.0919. The van der Waals surface area contributed by atoms with E-state index in [1.807, 2.05) is 37.6 Å². The first-order valence-corrected chi connectivity index (χ1v) is 8.35. The van der Waals surface area contributed by atoms with Crippen LogP contribution in [0.15, 0.2) is 18.5 Å². The molecule has 0 saturated carbocycles. The minimum Gasteiger partial charge on any atom is -0.466 e. The summed E-state index contributed by atoms with van der Waals surface area (Å²) in [5.41, 5.74) is 1.98. The summed E-state index contributed by atoms with van der Waals surface area (Å²) in [6.07, 6.45) is 3.36. The molecule has 0 spiro atoms. The molecule has 1 aliphatic heterocycles. The van der Waals surface area contributed by atoms with Crippen LogP contribution in [-0.2, 0) is 9.53 Å². The Morgan fingerprint density at radius 3 is 2.79 bits per heavy atom. The van der Waals surface area contributed by atoms with Crippen molar-refractivity contribution < 1.29 is 9.53 Å². The molecule has 128 valence electrons. The van der Waals surface area contributed by atoms with Crippen LogP contribution in [-0.4, -0.2) is 45.4 Å². The Labute approximate surface area is 141 Å². The first-order valence-electron chi connectivity index (χ1n) is 8.35. The number of rotatable bonds is 4. The summed E-state index contributed by atoms with van der Waals surface area (Å²) >= 11 is 0. The third kappa shape index (κ3) is 3.39. The van der Waals surface area contributed by atoms with Crippen molar-refractivity contribution in [3.05, 3.63) is 29.8 Å². The molecule has 3 rings (SSSR count). The van der Waals surface area contributed by atoms with E-state index in [0.29, 0.717) is 13.2 Å². The van der Waals surface area contributed by atoms with Crippen LogP contribution in [0.1, 0.15) is 31.2 Å². The Hall–Kier alpha value is -2.44. The van der Waals surface area contributed by atoms with Gasteiger partial charge in [-0.3, -0.25) is 4.79 Å². The van der Waals surface area contributed by atoms with E-state index in [1.165, 1.54) is 0 Å². The van der Waals surface area contributed by atoms with Crippen LogP contribution in [0.2, 0.25) is 0 Å². The molecular weight excluding hydrogens is 306 g/mol. The third-order valence-electron chi connectivity index (χ3n) is 4.23. The third-order valence-corrected chi connectivity index (χ3v) is 4.23. The van der Waals surface area contributed by atoms with Crippen molar-refractivity contribution in [2.24, 2.45) is 5.92 Å². The van der Waals surface area contributed by atoms with Crippen LogP contribution in [0, 0.1) is 19.8 Å². The van der Waals surface area contributed by atoms with Crippen molar-refractivity contribution in [2.75, 3.05) is 24.6 Å². The highest BCUT2D eigenvalue weighted by atomic mass is 16.5. The quantitative estimate of drug-likeness (QED) is 0.800. The van der Waals surface area contributed by atoms with E-state index in [0.717, 1.165) is 42.4 Å². The standard InChI is InChI=1S/C17H23N5O2/c1-4-24-17(23)14-6-5-7-21(10-14)15-9-16(19-11-18-15)22-13(3)8-12(2)20-22/h8-9,11,14H,4-7,10H2,1-3H3. The highest BCUT2D eigenvalue weighted by Crippen LogP contribution is 2.23. The number of esters is 1. The maximum absolute atomic E-state index is 12.0. The van der Waals surface area contributed by atoms with Gasteiger partial charge in [-0.05, 0) is 39.7 Å². The molecule has 2 aromatic rings. The molecule has 7 nitrogen and oxygen atoms in total. The Morgan fingerprint density at radius 2 is 2.08 bits per heavy atom. The second-order valence-corrected chi connectivity index (χ2v) is 6.11. The average Bonchev–Trinajstić information content (AvgIpc) is 2.94. The number of ether oxygens (including phenoxy) is 1. The molecule has 1 saturated heterocycles. The monoisotopic (exact) mass is 329 g/mol. The van der Waals surface area contributed by atoms with Crippen molar-refractivity contribution >= 4 is 11.8 Å². The maximum Gasteiger partial charge on any atom is 0.310 e. The van der Waals surface area contributed by atoms with Gasteiger partial charge in [0.25, 0.3) is 0 Å². The van der Waals surface area contributed by atoms with Gasteiger partial charge in [0.05, 0.1) is 18.2 Å². The highest BCUT2D eigenvalue weighted by Gasteiger charge is 2.27. The Morgan fingerprint density at radius 1 is 1.29 bits per heavy atom. The zero-order valence-electron chi connectivity index (χ0n) is 14.4. The lowest BCUT2D eigenvalue weighted by Gasteiger charge is -2.32. The van der Waals surface area contributed by atoms with Crippen molar-refractivity contribution in [2.45, 2.75) is 33.6 Å². The number of hydrogen-bond donors (Lipinski definition) is 0. The molecule has 0 aromatic carbocycles. The van der Waals surface area contributed by atoms with Gasteiger partial charge >= 0.3 is 5.97 Å². The van der Waals surface area contributed by atoms with Gasteiger partial charge in [-0.15, -0.1) is 0 Å². The van der Waals surface area contributed by atoms with E-state index in [1.54, 1.807) is 6.33 Å². The van der Waals surface area contributed by atoms with Gasteiger partial charge in [-0.1, -0.05) is 0 Å². The summed E-state index contributed by atoms with van der Waals surface area (Å²) in [6.45, 7) is 7.73. The molecule has 0 amide bonds. The predicted molar refractivity (Wildman–Crippen MR) is 90.2 cm³/mol. The van der Waals surface area contributed by atoms with Crippen molar-refractivity contribution in [1.29, 1.82) is 0 Å². The molecule has 1 fully saturated rings. The average molecular weight is 329 g/mol. The zero-order valence-corrected chi connectivity index (χ0v) is 14.4. The lowest BCUT2D eigenvalue weighted by molar-refractivity contribution is -0.148. The number of aromatic nitrogens is 4. The van der Waals surface area contributed by atoms with Crippen LogP contribution in [0.4, 0.5) is 5.82 Å². The molecule has 0 radical (unpaired) electrons. The largest absolute Gasteiger partial charge is 0.466 e. The fourth-order valence-corrected chi connectivity index (χ4v) is 3.12. The van der Waals surface area contributed by atoms with Gasteiger partial charge in [-0.25, -0.2) is 14.6 Å². The second-order valence-electron chi connectivity index (χ2n) is 6.11. The first kappa shape index (κ1) is 16.4. The Bertz CT molecular complexity index is 728. The molecule has 7 heteroatoms. The normalized spacial score (nSPS) is 17.8. The number of aryl methyl sites for hydroxylation is 2. The fraction of sp³-hybridized carbons (Fsp3) is 0.529. The number of hydrogen-bond acceptors (Lipinski definition) is 6. The molecule has 1 unspecified atom stereocenters. The molecule has 0 N–H and O–H groups in total. The van der Waals surface area contributed by atoms with Crippen LogP contribution < -0.4 is 4.90 Å². The topological polar surface area (TPSA) is 73.1 Å². The number of carbonyl (C=O) groups excluding carboxylic acids is 1. The van der Waals surface area contributed by atoms with E-state index in [9.17, 15) is 4.79 Å². The summed E-state index contributed by atoms with van der Waals surface area (Å²) in [7, 11) is 0. The molecule has 3 heterocycles. The highest BCUT2D eigenvalue weighted by molar-refractivity contribution is 5.73. The van der Waals surface area contributed by atoms with E-state index in [2.05, 4.69) is 20.0 Å². The molecule has 1 aliphatic rings. The number of nitrogens with zero attached hydrogens (tertiary/aromatic N) is 5. The van der Waals surface area contributed by atoms with Gasteiger partial charge < -0.3 is 9.64 Å². The summed E-state index contributed by atoms with van der Waals surface area (Å²) in [6, 6.07) is 3.94. The minimum atomic E-state index is -0.116. The lowest BCUT2D eigenvalue weighted by atomic mass is 9.98. The van der Waals surface area contributed by atoms with Crippen LogP contribution in [0.5, 0.6) is 0 Å².